The zero-order valence-electron chi connectivity index (χ0n) is 9.06. The lowest BCUT2D eigenvalue weighted by Gasteiger charge is -2.42. The molecular formula is C12H21N. The number of allylic oxidation sites excluding steroid dienone is 1. The van der Waals surface area contributed by atoms with Crippen LogP contribution in [0, 0.1) is 5.41 Å². The number of rotatable bonds is 2. The Morgan fingerprint density at radius 2 is 2.23 bits per heavy atom. The van der Waals surface area contributed by atoms with Gasteiger partial charge in [0.1, 0.15) is 0 Å². The summed E-state index contributed by atoms with van der Waals surface area (Å²) in [6.07, 6.45) is 7.69. The van der Waals surface area contributed by atoms with Gasteiger partial charge in [0.25, 0.3) is 0 Å². The molecule has 74 valence electrons. The van der Waals surface area contributed by atoms with Crippen LogP contribution in [0.15, 0.2) is 24.3 Å². The van der Waals surface area contributed by atoms with E-state index < -0.39 is 0 Å². The van der Waals surface area contributed by atoms with Crippen molar-refractivity contribution in [1.29, 1.82) is 0 Å². The van der Waals surface area contributed by atoms with E-state index in [9.17, 15) is 0 Å². The van der Waals surface area contributed by atoms with Gasteiger partial charge in [-0.15, -0.1) is 6.58 Å². The Hall–Kier alpha value is -0.560. The monoisotopic (exact) mass is 179 g/mol. The van der Waals surface area contributed by atoms with Crippen LogP contribution < -0.4 is 5.73 Å². The van der Waals surface area contributed by atoms with E-state index in [-0.39, 0.29) is 11.0 Å². The molecule has 0 aromatic carbocycles. The summed E-state index contributed by atoms with van der Waals surface area (Å²) in [6.45, 7) is 10.4. The average molecular weight is 179 g/mol. The summed E-state index contributed by atoms with van der Waals surface area (Å²) in [4.78, 5) is 0. The van der Waals surface area contributed by atoms with Crippen LogP contribution in [0.5, 0.6) is 0 Å². The second-order valence-corrected chi connectivity index (χ2v) is 4.81. The van der Waals surface area contributed by atoms with Crippen molar-refractivity contribution in [2.24, 2.45) is 11.1 Å². The Kier molecular flexibility index (Phi) is 2.67. The summed E-state index contributed by atoms with van der Waals surface area (Å²) < 4.78 is 0. The summed E-state index contributed by atoms with van der Waals surface area (Å²) >= 11 is 0. The lowest BCUT2D eigenvalue weighted by atomic mass is 9.67. The van der Waals surface area contributed by atoms with Gasteiger partial charge in [-0.25, -0.2) is 0 Å². The van der Waals surface area contributed by atoms with E-state index in [1.807, 2.05) is 6.08 Å². The van der Waals surface area contributed by atoms with Crippen molar-refractivity contribution in [3.63, 3.8) is 0 Å². The van der Waals surface area contributed by atoms with Crippen LogP contribution in [-0.4, -0.2) is 5.54 Å². The molecule has 0 heterocycles. The third-order valence-corrected chi connectivity index (χ3v) is 3.38. The maximum absolute atomic E-state index is 6.39. The van der Waals surface area contributed by atoms with Gasteiger partial charge in [-0.05, 0) is 26.2 Å². The highest BCUT2D eigenvalue weighted by Gasteiger charge is 2.38. The standard InChI is InChI=1S/C12H21N/c1-5-11(3,4)12(13)8-6-7-10(2)9-12/h5,9H,1,6-8,13H2,2-4H3. The molecule has 1 heteroatoms. The number of hydrogen-bond donors (Lipinski definition) is 1. The van der Waals surface area contributed by atoms with Gasteiger partial charge in [-0.1, -0.05) is 31.6 Å². The quantitative estimate of drug-likeness (QED) is 0.648. The molecule has 1 aliphatic carbocycles. The van der Waals surface area contributed by atoms with Gasteiger partial charge in [0, 0.05) is 11.0 Å². The molecule has 0 aliphatic heterocycles. The van der Waals surface area contributed by atoms with Crippen LogP contribution in [0.4, 0.5) is 0 Å². The van der Waals surface area contributed by atoms with E-state index in [1.165, 1.54) is 18.4 Å². The molecule has 0 bridgehead atoms. The minimum absolute atomic E-state index is 0.00528. The van der Waals surface area contributed by atoms with Crippen LogP contribution in [0.25, 0.3) is 0 Å². The van der Waals surface area contributed by atoms with E-state index in [0.29, 0.717) is 0 Å². The van der Waals surface area contributed by atoms with Crippen molar-refractivity contribution in [3.05, 3.63) is 24.3 Å². The SMILES string of the molecule is C=CC(C)(C)C1(N)C=C(C)CCC1. The highest BCUT2D eigenvalue weighted by Crippen LogP contribution is 2.39. The second kappa shape index (κ2) is 3.30. The Bertz CT molecular complexity index is 238. The molecular weight excluding hydrogens is 158 g/mol. The molecule has 0 spiro atoms. The van der Waals surface area contributed by atoms with Crippen molar-refractivity contribution in [1.82, 2.24) is 0 Å². The van der Waals surface area contributed by atoms with Crippen LogP contribution in [0.3, 0.4) is 0 Å². The summed E-state index contributed by atoms with van der Waals surface area (Å²) in [6, 6.07) is 0. The first-order valence-corrected chi connectivity index (χ1v) is 5.02. The van der Waals surface area contributed by atoms with Crippen LogP contribution >= 0.6 is 0 Å². The van der Waals surface area contributed by atoms with Gasteiger partial charge in [0.2, 0.25) is 0 Å². The highest BCUT2D eigenvalue weighted by molar-refractivity contribution is 5.23. The van der Waals surface area contributed by atoms with Gasteiger partial charge in [0.15, 0.2) is 0 Å². The fourth-order valence-electron chi connectivity index (χ4n) is 1.94. The van der Waals surface area contributed by atoms with Crippen molar-refractivity contribution < 1.29 is 0 Å². The average Bonchev–Trinajstić information content (AvgIpc) is 2.03. The molecule has 1 atom stereocenters. The van der Waals surface area contributed by atoms with Crippen LogP contribution in [0.2, 0.25) is 0 Å². The smallest absolute Gasteiger partial charge is 0.0428 e. The third kappa shape index (κ3) is 1.86. The van der Waals surface area contributed by atoms with Crippen molar-refractivity contribution in [2.45, 2.75) is 45.6 Å². The van der Waals surface area contributed by atoms with E-state index in [0.717, 1.165) is 6.42 Å². The minimum atomic E-state index is -0.183. The van der Waals surface area contributed by atoms with E-state index in [2.05, 4.69) is 33.4 Å². The second-order valence-electron chi connectivity index (χ2n) is 4.81. The van der Waals surface area contributed by atoms with Crippen molar-refractivity contribution >= 4 is 0 Å². The first-order chi connectivity index (χ1) is 5.91. The van der Waals surface area contributed by atoms with Gasteiger partial charge >= 0.3 is 0 Å². The minimum Gasteiger partial charge on any atom is -0.321 e. The molecule has 1 aliphatic rings. The Balaban J connectivity index is 2.99. The van der Waals surface area contributed by atoms with Gasteiger partial charge in [-0.3, -0.25) is 0 Å². The Labute approximate surface area is 81.7 Å². The molecule has 0 radical (unpaired) electrons. The maximum Gasteiger partial charge on any atom is 0.0428 e. The Morgan fingerprint density at radius 3 is 2.69 bits per heavy atom. The summed E-state index contributed by atoms with van der Waals surface area (Å²) in [7, 11) is 0. The molecule has 1 unspecified atom stereocenters. The molecule has 0 fully saturated rings. The van der Waals surface area contributed by atoms with E-state index in [4.69, 9.17) is 5.73 Å². The zero-order valence-corrected chi connectivity index (χ0v) is 9.06. The summed E-state index contributed by atoms with van der Waals surface area (Å²) in [5, 5.41) is 0. The van der Waals surface area contributed by atoms with Crippen LogP contribution in [-0.2, 0) is 0 Å². The summed E-state index contributed by atoms with van der Waals surface area (Å²) in [5.41, 5.74) is 7.62. The largest absolute Gasteiger partial charge is 0.321 e. The number of hydrogen-bond acceptors (Lipinski definition) is 1. The fourth-order valence-corrected chi connectivity index (χ4v) is 1.94. The highest BCUT2D eigenvalue weighted by atomic mass is 14.8. The molecule has 1 rings (SSSR count). The summed E-state index contributed by atoms with van der Waals surface area (Å²) in [5.74, 6) is 0. The maximum atomic E-state index is 6.39. The van der Waals surface area contributed by atoms with E-state index >= 15 is 0 Å². The molecule has 2 N–H and O–H groups in total. The van der Waals surface area contributed by atoms with Crippen molar-refractivity contribution in [2.75, 3.05) is 0 Å². The molecule has 0 saturated carbocycles. The topological polar surface area (TPSA) is 26.0 Å². The normalized spacial score (nSPS) is 29.7. The van der Waals surface area contributed by atoms with Gasteiger partial charge < -0.3 is 5.73 Å². The first-order valence-electron chi connectivity index (χ1n) is 5.02. The van der Waals surface area contributed by atoms with Crippen molar-refractivity contribution in [3.8, 4) is 0 Å². The molecule has 0 aromatic heterocycles. The molecule has 13 heavy (non-hydrogen) atoms. The lowest BCUT2D eigenvalue weighted by molar-refractivity contribution is 0.251. The molecule has 0 saturated heterocycles. The van der Waals surface area contributed by atoms with E-state index in [1.54, 1.807) is 0 Å². The van der Waals surface area contributed by atoms with Crippen LogP contribution in [0.1, 0.15) is 40.0 Å². The van der Waals surface area contributed by atoms with Gasteiger partial charge in [-0.2, -0.15) is 0 Å². The number of nitrogens with two attached hydrogens (primary N) is 1. The lowest BCUT2D eigenvalue weighted by Crippen LogP contribution is -2.51. The predicted molar refractivity (Wildman–Crippen MR) is 58.5 cm³/mol. The molecule has 0 amide bonds. The first kappa shape index (κ1) is 10.5. The Morgan fingerprint density at radius 1 is 1.62 bits per heavy atom. The molecule has 1 nitrogen and oxygen atoms in total. The fraction of sp³-hybridized carbons (Fsp3) is 0.667. The zero-order chi connectivity index (χ0) is 10.1. The predicted octanol–water partition coefficient (Wildman–Crippen LogP) is 3.03. The third-order valence-electron chi connectivity index (χ3n) is 3.38. The molecule has 0 aromatic rings. The van der Waals surface area contributed by atoms with Gasteiger partial charge in [0.05, 0.1) is 0 Å².